The number of carbonyl (C=O) groups excluding carboxylic acids is 3. The molecule has 0 bridgehead atoms. The zero-order chi connectivity index (χ0) is 24.7. The van der Waals surface area contributed by atoms with Crippen molar-refractivity contribution in [2.75, 3.05) is 37.7 Å². The van der Waals surface area contributed by atoms with Crippen molar-refractivity contribution in [2.45, 2.75) is 31.2 Å². The molecule has 0 atom stereocenters. The third-order valence-corrected chi connectivity index (χ3v) is 8.05. The Hall–Kier alpha value is -3.71. The molecule has 0 unspecified atom stereocenters. The maximum Gasteiger partial charge on any atom is 0.261 e. The highest BCUT2D eigenvalue weighted by Gasteiger charge is 2.50. The molecule has 184 valence electrons. The summed E-state index contributed by atoms with van der Waals surface area (Å²) in [4.78, 5) is 45.0. The van der Waals surface area contributed by atoms with Gasteiger partial charge >= 0.3 is 0 Å². The van der Waals surface area contributed by atoms with Gasteiger partial charge in [0.25, 0.3) is 11.8 Å². The Kier molecular flexibility index (Phi) is 5.72. The van der Waals surface area contributed by atoms with E-state index in [1.54, 1.807) is 0 Å². The van der Waals surface area contributed by atoms with E-state index < -0.39 is 5.54 Å². The van der Waals surface area contributed by atoms with Crippen LogP contribution in [0.3, 0.4) is 0 Å². The van der Waals surface area contributed by atoms with Crippen LogP contribution in [-0.2, 0) is 4.79 Å². The van der Waals surface area contributed by atoms with Gasteiger partial charge in [0.2, 0.25) is 5.91 Å². The van der Waals surface area contributed by atoms with Gasteiger partial charge in [-0.3, -0.25) is 19.3 Å². The van der Waals surface area contributed by atoms with Gasteiger partial charge < -0.3 is 15.1 Å². The molecule has 0 aliphatic carbocycles. The molecule has 0 aromatic heterocycles. The Morgan fingerprint density at radius 1 is 0.750 bits per heavy atom. The first-order valence-electron chi connectivity index (χ1n) is 12.8. The molecule has 3 amide bonds. The molecule has 7 nitrogen and oxygen atoms in total. The van der Waals surface area contributed by atoms with E-state index in [1.807, 2.05) is 54.6 Å². The maximum atomic E-state index is 13.1. The molecule has 0 radical (unpaired) electrons. The summed E-state index contributed by atoms with van der Waals surface area (Å²) in [5, 5.41) is 4.75. The van der Waals surface area contributed by atoms with Gasteiger partial charge in [-0.05, 0) is 61.9 Å². The first-order valence-corrected chi connectivity index (χ1v) is 12.8. The van der Waals surface area contributed by atoms with Crippen LogP contribution >= 0.6 is 0 Å². The van der Waals surface area contributed by atoms with E-state index >= 15 is 0 Å². The second kappa shape index (κ2) is 9.06. The van der Waals surface area contributed by atoms with Crippen molar-refractivity contribution >= 4 is 34.2 Å². The van der Waals surface area contributed by atoms with Crippen molar-refractivity contribution in [1.82, 2.24) is 15.1 Å². The van der Waals surface area contributed by atoms with Crippen LogP contribution in [0.4, 0.5) is 5.69 Å². The number of unbranched alkanes of at least 4 members (excludes halogenated alkanes) is 1. The Bertz CT molecular complexity index is 1280. The highest BCUT2D eigenvalue weighted by molar-refractivity contribution is 6.25. The Balaban J connectivity index is 1.04. The standard InChI is InChI=1S/C29H30N4O3/c34-26-23-12-6-8-21-9-7-13-24(25(21)23)27(35)32(26)17-5-4-16-31-18-14-29(15-19-31)28(36)30-20-33(29)22-10-2-1-3-11-22/h1-3,6-13H,4-5,14-20H2,(H,30,36). The highest BCUT2D eigenvalue weighted by atomic mass is 16.2. The fraction of sp³-hybridized carbons (Fsp3) is 0.345. The lowest BCUT2D eigenvalue weighted by Gasteiger charge is -2.43. The summed E-state index contributed by atoms with van der Waals surface area (Å²) in [6, 6.07) is 21.4. The second-order valence-corrected chi connectivity index (χ2v) is 9.98. The first kappa shape index (κ1) is 22.7. The van der Waals surface area contributed by atoms with Gasteiger partial charge in [-0.25, -0.2) is 0 Å². The van der Waals surface area contributed by atoms with Crippen molar-refractivity contribution in [2.24, 2.45) is 0 Å². The van der Waals surface area contributed by atoms with Gasteiger partial charge in [0.05, 0.1) is 6.67 Å². The SMILES string of the molecule is O=C1c2cccc3cccc(c23)C(=O)N1CCCCN1CCC2(CC1)C(=O)NCN2c1ccccc1. The van der Waals surface area contributed by atoms with Gasteiger partial charge in [0.15, 0.2) is 0 Å². The zero-order valence-corrected chi connectivity index (χ0v) is 20.3. The number of imide groups is 1. The molecule has 6 rings (SSSR count). The van der Waals surface area contributed by atoms with Crippen LogP contribution in [0.25, 0.3) is 10.8 Å². The number of piperidine rings is 1. The monoisotopic (exact) mass is 482 g/mol. The second-order valence-electron chi connectivity index (χ2n) is 9.98. The number of nitrogens with one attached hydrogen (secondary N) is 1. The van der Waals surface area contributed by atoms with Gasteiger partial charge in [0.1, 0.15) is 5.54 Å². The number of likely N-dealkylation sites (tertiary alicyclic amines) is 1. The maximum absolute atomic E-state index is 13.1. The molecular weight excluding hydrogens is 452 g/mol. The van der Waals surface area contributed by atoms with Crippen LogP contribution in [-0.4, -0.2) is 65.9 Å². The lowest BCUT2D eigenvalue weighted by molar-refractivity contribution is -0.125. The number of carbonyl (C=O) groups is 3. The normalized spacial score (nSPS) is 19.4. The molecule has 3 heterocycles. The van der Waals surface area contributed by atoms with E-state index in [2.05, 4.69) is 27.2 Å². The van der Waals surface area contributed by atoms with Crippen molar-refractivity contribution in [1.29, 1.82) is 0 Å². The van der Waals surface area contributed by atoms with Crippen molar-refractivity contribution in [3.63, 3.8) is 0 Å². The van der Waals surface area contributed by atoms with Crippen molar-refractivity contribution in [3.05, 3.63) is 77.9 Å². The molecule has 7 heteroatoms. The van der Waals surface area contributed by atoms with Crippen LogP contribution in [0.15, 0.2) is 66.7 Å². The van der Waals surface area contributed by atoms with E-state index in [1.165, 1.54) is 4.90 Å². The topological polar surface area (TPSA) is 73.0 Å². The molecule has 3 aliphatic heterocycles. The third-order valence-electron chi connectivity index (χ3n) is 8.05. The van der Waals surface area contributed by atoms with Crippen LogP contribution in [0, 0.1) is 0 Å². The molecule has 2 fully saturated rings. The van der Waals surface area contributed by atoms with E-state index in [-0.39, 0.29) is 17.7 Å². The summed E-state index contributed by atoms with van der Waals surface area (Å²) in [6.45, 7) is 3.58. The third kappa shape index (κ3) is 3.66. The number of rotatable bonds is 6. The molecule has 1 spiro atoms. The molecule has 3 aromatic carbocycles. The number of benzene rings is 3. The molecule has 0 saturated carbocycles. The number of amides is 3. The van der Waals surface area contributed by atoms with Crippen LogP contribution in [0.5, 0.6) is 0 Å². The van der Waals surface area contributed by atoms with E-state index in [0.29, 0.717) is 24.3 Å². The summed E-state index contributed by atoms with van der Waals surface area (Å²) < 4.78 is 0. The summed E-state index contributed by atoms with van der Waals surface area (Å²) in [6.07, 6.45) is 3.23. The lowest BCUT2D eigenvalue weighted by atomic mass is 9.85. The summed E-state index contributed by atoms with van der Waals surface area (Å²) in [5.41, 5.74) is 1.83. The van der Waals surface area contributed by atoms with Gasteiger partial charge in [0, 0.05) is 41.8 Å². The largest absolute Gasteiger partial charge is 0.339 e. The number of hydrogen-bond acceptors (Lipinski definition) is 5. The zero-order valence-electron chi connectivity index (χ0n) is 20.3. The molecular formula is C29H30N4O3. The van der Waals surface area contributed by atoms with Crippen LogP contribution < -0.4 is 10.2 Å². The highest BCUT2D eigenvalue weighted by Crippen LogP contribution is 2.36. The summed E-state index contributed by atoms with van der Waals surface area (Å²) >= 11 is 0. The van der Waals surface area contributed by atoms with Gasteiger partial charge in [-0.15, -0.1) is 0 Å². The fourth-order valence-electron chi connectivity index (χ4n) is 6.07. The van der Waals surface area contributed by atoms with Crippen molar-refractivity contribution in [3.8, 4) is 0 Å². The number of nitrogens with zero attached hydrogens (tertiary/aromatic N) is 3. The number of para-hydroxylation sites is 1. The van der Waals surface area contributed by atoms with Crippen molar-refractivity contribution < 1.29 is 14.4 Å². The minimum Gasteiger partial charge on any atom is -0.339 e. The molecule has 1 N–H and O–H groups in total. The smallest absolute Gasteiger partial charge is 0.261 e. The Morgan fingerprint density at radius 3 is 2.06 bits per heavy atom. The summed E-state index contributed by atoms with van der Waals surface area (Å²) in [5.74, 6) is -0.265. The number of hydrogen-bond donors (Lipinski definition) is 1. The van der Waals surface area contributed by atoms with Gasteiger partial charge in [-0.2, -0.15) is 0 Å². The minimum absolute atomic E-state index is 0.128. The van der Waals surface area contributed by atoms with Crippen LogP contribution in [0.2, 0.25) is 0 Å². The molecule has 2 saturated heterocycles. The quantitative estimate of drug-likeness (QED) is 0.429. The average molecular weight is 483 g/mol. The predicted octanol–water partition coefficient (Wildman–Crippen LogP) is 3.64. The molecule has 3 aliphatic rings. The predicted molar refractivity (Wildman–Crippen MR) is 139 cm³/mol. The van der Waals surface area contributed by atoms with E-state index in [9.17, 15) is 14.4 Å². The average Bonchev–Trinajstić information content (AvgIpc) is 3.23. The summed E-state index contributed by atoms with van der Waals surface area (Å²) in [7, 11) is 0. The Labute approximate surface area is 210 Å². The molecule has 3 aromatic rings. The molecule has 36 heavy (non-hydrogen) atoms. The van der Waals surface area contributed by atoms with E-state index in [4.69, 9.17) is 0 Å². The van der Waals surface area contributed by atoms with Crippen LogP contribution in [0.1, 0.15) is 46.4 Å². The minimum atomic E-state index is -0.473. The first-order chi connectivity index (χ1) is 17.6. The van der Waals surface area contributed by atoms with E-state index in [0.717, 1.165) is 61.8 Å². The lowest BCUT2D eigenvalue weighted by Crippen LogP contribution is -2.56. The van der Waals surface area contributed by atoms with Gasteiger partial charge in [-0.1, -0.05) is 42.5 Å². The number of anilines is 1. The fourth-order valence-corrected chi connectivity index (χ4v) is 6.07. The Morgan fingerprint density at radius 2 is 1.39 bits per heavy atom.